The SMILES string of the molecule is C=CC1=C(C=C)C(C)(C)c2ccccc2N1B1OC(C)(C)C(C)(C)O1. The molecule has 0 bridgehead atoms. The second kappa shape index (κ2) is 5.62. The molecular weight excluding hydrogens is 309 g/mol. The molecule has 0 spiro atoms. The van der Waals surface area contributed by atoms with Gasteiger partial charge in [0.1, 0.15) is 0 Å². The maximum absolute atomic E-state index is 6.34. The first kappa shape index (κ1) is 18.0. The number of hydrogen-bond acceptors (Lipinski definition) is 3. The molecule has 0 radical (unpaired) electrons. The highest BCUT2D eigenvalue weighted by atomic mass is 16.7. The van der Waals surface area contributed by atoms with Crippen molar-refractivity contribution in [1.82, 2.24) is 0 Å². The third-order valence-electron chi connectivity index (χ3n) is 5.89. The van der Waals surface area contributed by atoms with Gasteiger partial charge in [-0.25, -0.2) is 0 Å². The van der Waals surface area contributed by atoms with E-state index in [1.54, 1.807) is 0 Å². The van der Waals surface area contributed by atoms with Crippen LogP contribution >= 0.6 is 0 Å². The normalized spacial score (nSPS) is 23.4. The lowest BCUT2D eigenvalue weighted by atomic mass is 9.71. The van der Waals surface area contributed by atoms with Crippen LogP contribution in [0.1, 0.15) is 47.1 Å². The van der Waals surface area contributed by atoms with E-state index in [9.17, 15) is 0 Å². The van der Waals surface area contributed by atoms with Gasteiger partial charge in [-0.15, -0.1) is 0 Å². The molecule has 0 atom stereocenters. The summed E-state index contributed by atoms with van der Waals surface area (Å²) < 4.78 is 12.7. The molecule has 3 nitrogen and oxygen atoms in total. The smallest absolute Gasteiger partial charge is 0.384 e. The van der Waals surface area contributed by atoms with Gasteiger partial charge in [0.15, 0.2) is 0 Å². The average Bonchev–Trinajstić information content (AvgIpc) is 2.74. The number of hydrogen-bond donors (Lipinski definition) is 0. The quantitative estimate of drug-likeness (QED) is 0.725. The molecule has 0 N–H and O–H groups in total. The van der Waals surface area contributed by atoms with Crippen LogP contribution in [0.15, 0.2) is 60.8 Å². The van der Waals surface area contributed by atoms with Crippen molar-refractivity contribution in [3.8, 4) is 0 Å². The average molecular weight is 337 g/mol. The minimum atomic E-state index is -0.509. The highest BCUT2D eigenvalue weighted by Crippen LogP contribution is 2.48. The van der Waals surface area contributed by atoms with Gasteiger partial charge >= 0.3 is 7.25 Å². The van der Waals surface area contributed by atoms with Crippen LogP contribution in [0.5, 0.6) is 0 Å². The van der Waals surface area contributed by atoms with Crippen LogP contribution < -0.4 is 4.81 Å². The lowest BCUT2D eigenvalue weighted by molar-refractivity contribution is 0.00578. The fourth-order valence-electron chi connectivity index (χ4n) is 3.65. The maximum atomic E-state index is 6.34. The van der Waals surface area contributed by atoms with E-state index in [4.69, 9.17) is 9.31 Å². The molecule has 1 fully saturated rings. The molecule has 2 aliphatic rings. The van der Waals surface area contributed by atoms with E-state index < -0.39 is 18.5 Å². The van der Waals surface area contributed by atoms with Crippen molar-refractivity contribution in [1.29, 1.82) is 0 Å². The molecule has 25 heavy (non-hydrogen) atoms. The first-order valence-electron chi connectivity index (χ1n) is 8.81. The van der Waals surface area contributed by atoms with Crippen molar-refractivity contribution in [3.63, 3.8) is 0 Å². The van der Waals surface area contributed by atoms with Crippen LogP contribution in [0.4, 0.5) is 5.69 Å². The molecule has 1 saturated heterocycles. The molecule has 0 saturated carbocycles. The zero-order valence-electron chi connectivity index (χ0n) is 16.2. The fourth-order valence-corrected chi connectivity index (χ4v) is 3.65. The third kappa shape index (κ3) is 2.51. The second-order valence-electron chi connectivity index (χ2n) is 8.28. The van der Waals surface area contributed by atoms with Crippen molar-refractivity contribution in [2.24, 2.45) is 0 Å². The van der Waals surface area contributed by atoms with Crippen LogP contribution in [0.3, 0.4) is 0 Å². The maximum Gasteiger partial charge on any atom is 0.598 e. The van der Waals surface area contributed by atoms with Gasteiger partial charge in [0, 0.05) is 16.8 Å². The first-order chi connectivity index (χ1) is 11.6. The molecular formula is C21H28BNO2. The predicted octanol–water partition coefficient (Wildman–Crippen LogP) is 5.00. The van der Waals surface area contributed by atoms with Gasteiger partial charge in [-0.1, -0.05) is 51.3 Å². The summed E-state index contributed by atoms with van der Waals surface area (Å²) in [6, 6.07) is 8.40. The van der Waals surface area contributed by atoms with Gasteiger partial charge < -0.3 is 14.1 Å². The Balaban J connectivity index is 2.21. The van der Waals surface area contributed by atoms with Crippen LogP contribution in [0, 0.1) is 0 Å². The van der Waals surface area contributed by atoms with E-state index in [-0.39, 0.29) is 5.41 Å². The lowest BCUT2D eigenvalue weighted by Gasteiger charge is -2.42. The van der Waals surface area contributed by atoms with E-state index in [2.05, 4.69) is 77.7 Å². The Kier molecular flexibility index (Phi) is 4.05. The van der Waals surface area contributed by atoms with Crippen LogP contribution in [0.2, 0.25) is 0 Å². The third-order valence-corrected chi connectivity index (χ3v) is 5.89. The Bertz CT molecular complexity index is 745. The Hall–Kier alpha value is -1.78. The second-order valence-corrected chi connectivity index (χ2v) is 8.28. The van der Waals surface area contributed by atoms with E-state index in [1.807, 2.05) is 18.2 Å². The van der Waals surface area contributed by atoms with Gasteiger partial charge in [-0.05, 0) is 51.0 Å². The number of benzene rings is 1. The molecule has 1 aromatic carbocycles. The summed E-state index contributed by atoms with van der Waals surface area (Å²) in [7, 11) is -0.509. The van der Waals surface area contributed by atoms with E-state index in [0.29, 0.717) is 0 Å². The first-order valence-corrected chi connectivity index (χ1v) is 8.81. The Morgan fingerprint density at radius 1 is 0.920 bits per heavy atom. The van der Waals surface area contributed by atoms with Crippen molar-refractivity contribution < 1.29 is 9.31 Å². The van der Waals surface area contributed by atoms with Crippen LogP contribution in [-0.2, 0) is 14.7 Å². The van der Waals surface area contributed by atoms with Gasteiger partial charge in [0.25, 0.3) is 0 Å². The minimum absolute atomic E-state index is 0.165. The molecule has 0 unspecified atom stereocenters. The van der Waals surface area contributed by atoms with Gasteiger partial charge in [-0.2, -0.15) is 0 Å². The van der Waals surface area contributed by atoms with Gasteiger partial charge in [0.05, 0.1) is 11.2 Å². The summed E-state index contributed by atoms with van der Waals surface area (Å²) in [5.74, 6) is 0. The van der Waals surface area contributed by atoms with Gasteiger partial charge in [-0.3, -0.25) is 0 Å². The van der Waals surface area contributed by atoms with Crippen LogP contribution in [-0.4, -0.2) is 18.5 Å². The van der Waals surface area contributed by atoms with Gasteiger partial charge in [0.2, 0.25) is 0 Å². The topological polar surface area (TPSA) is 21.7 Å². The molecule has 3 rings (SSSR count). The van der Waals surface area contributed by atoms with Crippen molar-refractivity contribution >= 4 is 12.9 Å². The van der Waals surface area contributed by atoms with E-state index in [1.165, 1.54) is 5.56 Å². The fraction of sp³-hybridized carbons (Fsp3) is 0.429. The molecule has 1 aromatic rings. The Labute approximate surface area is 152 Å². The van der Waals surface area contributed by atoms with E-state index in [0.717, 1.165) is 17.0 Å². The molecule has 0 aliphatic carbocycles. The van der Waals surface area contributed by atoms with Crippen molar-refractivity contribution in [2.75, 3.05) is 4.81 Å². The van der Waals surface area contributed by atoms with E-state index >= 15 is 0 Å². The largest absolute Gasteiger partial charge is 0.598 e. The lowest BCUT2D eigenvalue weighted by Crippen LogP contribution is -2.46. The monoisotopic (exact) mass is 337 g/mol. The molecule has 4 heteroatoms. The highest BCUT2D eigenvalue weighted by molar-refractivity contribution is 6.52. The summed E-state index contributed by atoms with van der Waals surface area (Å²) in [6.07, 6.45) is 3.80. The standard InChI is InChI=1S/C21H28BNO2/c1-9-15-17(10-2)23(22-24-20(5,6)21(7,8)25-22)18-14-12-11-13-16(18)19(15,3)4/h9-14H,1-2H2,3-8H3. The molecule has 132 valence electrons. The predicted molar refractivity (Wildman–Crippen MR) is 105 cm³/mol. The number of allylic oxidation sites excluding steroid dienone is 3. The summed E-state index contributed by atoms with van der Waals surface area (Å²) >= 11 is 0. The van der Waals surface area contributed by atoms with Crippen LogP contribution in [0.25, 0.3) is 0 Å². The number of anilines is 1. The number of fused-ring (bicyclic) bond motifs is 1. The number of para-hydroxylation sites is 1. The minimum Gasteiger partial charge on any atom is -0.384 e. The Morgan fingerprint density at radius 2 is 1.48 bits per heavy atom. The zero-order chi connectivity index (χ0) is 18.6. The molecule has 0 aromatic heterocycles. The summed E-state index contributed by atoms with van der Waals surface area (Å²) in [5, 5.41) is 0. The summed E-state index contributed by atoms with van der Waals surface area (Å²) in [5.41, 5.74) is 3.45. The van der Waals surface area contributed by atoms with Crippen molar-refractivity contribution in [2.45, 2.75) is 58.2 Å². The Morgan fingerprint density at radius 3 is 2.00 bits per heavy atom. The van der Waals surface area contributed by atoms with Crippen molar-refractivity contribution in [3.05, 3.63) is 66.4 Å². The summed E-state index contributed by atoms with van der Waals surface area (Å²) in [6.45, 7) is 20.8. The molecule has 2 aliphatic heterocycles. The number of rotatable bonds is 3. The molecule has 0 amide bonds. The summed E-state index contributed by atoms with van der Waals surface area (Å²) in [4.78, 5) is 2.11. The zero-order valence-corrected chi connectivity index (χ0v) is 16.2. The molecule has 2 heterocycles. The number of nitrogens with zero attached hydrogens (tertiary/aromatic N) is 1. The highest BCUT2D eigenvalue weighted by Gasteiger charge is 2.56.